The summed E-state index contributed by atoms with van der Waals surface area (Å²) in [6.45, 7) is 5.49. The number of carboxylic acid groups (broad SMARTS) is 1. The molecule has 2 N–H and O–H groups in total. The lowest BCUT2D eigenvalue weighted by Gasteiger charge is -2.39. The van der Waals surface area contributed by atoms with Gasteiger partial charge in [0.2, 0.25) is 0 Å². The maximum Gasteiger partial charge on any atom is 0.306 e. The molecule has 0 saturated heterocycles. The Kier molecular flexibility index (Phi) is 4.08. The number of hydrogen-bond acceptors (Lipinski definition) is 2. The molecule has 2 aliphatic carbocycles. The number of carboxylic acids is 1. The van der Waals surface area contributed by atoms with E-state index in [9.17, 15) is 4.79 Å². The van der Waals surface area contributed by atoms with E-state index in [0.717, 1.165) is 37.6 Å². The van der Waals surface area contributed by atoms with Crippen LogP contribution in [0.1, 0.15) is 46.0 Å². The summed E-state index contributed by atoms with van der Waals surface area (Å²) >= 11 is 0. The molecule has 2 saturated carbocycles. The van der Waals surface area contributed by atoms with E-state index in [4.69, 9.17) is 5.11 Å². The molecule has 2 aliphatic rings. The average molecular weight is 239 g/mol. The predicted octanol–water partition coefficient (Wildman–Crippen LogP) is 2.51. The highest BCUT2D eigenvalue weighted by Crippen LogP contribution is 2.35. The minimum absolute atomic E-state index is 0.0940. The summed E-state index contributed by atoms with van der Waals surface area (Å²) < 4.78 is 0. The van der Waals surface area contributed by atoms with Crippen molar-refractivity contribution in [2.45, 2.75) is 52.0 Å². The molecule has 0 heterocycles. The van der Waals surface area contributed by atoms with Crippen molar-refractivity contribution < 1.29 is 9.90 Å². The van der Waals surface area contributed by atoms with Crippen molar-refractivity contribution in [2.75, 3.05) is 6.54 Å². The summed E-state index contributed by atoms with van der Waals surface area (Å²) in [6, 6.07) is 0.650. The maximum absolute atomic E-state index is 11.1. The van der Waals surface area contributed by atoms with Crippen LogP contribution in [0.4, 0.5) is 0 Å². The first-order valence-corrected chi connectivity index (χ1v) is 7.04. The Morgan fingerprint density at radius 1 is 1.35 bits per heavy atom. The van der Waals surface area contributed by atoms with E-state index in [0.29, 0.717) is 12.0 Å². The minimum atomic E-state index is -0.594. The van der Waals surface area contributed by atoms with Crippen LogP contribution in [0.5, 0.6) is 0 Å². The molecule has 3 heteroatoms. The Balaban J connectivity index is 1.67. The number of carbonyl (C=O) groups is 1. The highest BCUT2D eigenvalue weighted by atomic mass is 16.4. The van der Waals surface area contributed by atoms with E-state index in [2.05, 4.69) is 19.2 Å². The molecular weight excluding hydrogens is 214 g/mol. The fourth-order valence-electron chi connectivity index (χ4n) is 3.30. The van der Waals surface area contributed by atoms with E-state index in [1.807, 2.05) is 0 Å². The molecule has 2 atom stereocenters. The molecule has 0 aromatic carbocycles. The maximum atomic E-state index is 11.1. The third-order valence-electron chi connectivity index (χ3n) is 4.76. The topological polar surface area (TPSA) is 49.3 Å². The van der Waals surface area contributed by atoms with Gasteiger partial charge in [0.15, 0.2) is 0 Å². The highest BCUT2D eigenvalue weighted by molar-refractivity contribution is 5.70. The Labute approximate surface area is 104 Å². The Morgan fingerprint density at radius 3 is 2.65 bits per heavy atom. The van der Waals surface area contributed by atoms with Crippen molar-refractivity contribution in [2.24, 2.45) is 23.7 Å². The molecule has 98 valence electrons. The molecule has 2 fully saturated rings. The van der Waals surface area contributed by atoms with Crippen LogP contribution in [-0.2, 0) is 4.79 Å². The van der Waals surface area contributed by atoms with Gasteiger partial charge in [-0.15, -0.1) is 0 Å². The van der Waals surface area contributed by atoms with Gasteiger partial charge in [-0.05, 0) is 50.0 Å². The fourth-order valence-corrected chi connectivity index (χ4v) is 3.30. The molecule has 0 spiro atoms. The fraction of sp³-hybridized carbons (Fsp3) is 0.929. The summed E-state index contributed by atoms with van der Waals surface area (Å²) in [6.07, 6.45) is 5.61. The van der Waals surface area contributed by atoms with Gasteiger partial charge in [0.25, 0.3) is 0 Å². The van der Waals surface area contributed by atoms with Gasteiger partial charge in [-0.3, -0.25) is 4.79 Å². The normalized spacial score (nSPS) is 37.1. The largest absolute Gasteiger partial charge is 0.481 e. The van der Waals surface area contributed by atoms with Gasteiger partial charge in [0, 0.05) is 6.04 Å². The molecule has 2 unspecified atom stereocenters. The van der Waals surface area contributed by atoms with Crippen molar-refractivity contribution >= 4 is 5.97 Å². The lowest BCUT2D eigenvalue weighted by molar-refractivity contribution is -0.142. The van der Waals surface area contributed by atoms with Crippen LogP contribution < -0.4 is 5.32 Å². The second kappa shape index (κ2) is 5.38. The zero-order valence-corrected chi connectivity index (χ0v) is 11.0. The van der Waals surface area contributed by atoms with Gasteiger partial charge in [-0.2, -0.15) is 0 Å². The number of aliphatic carboxylic acids is 1. The Morgan fingerprint density at radius 2 is 2.06 bits per heavy atom. The minimum Gasteiger partial charge on any atom is -0.481 e. The monoisotopic (exact) mass is 239 g/mol. The van der Waals surface area contributed by atoms with Gasteiger partial charge in [0.05, 0.1) is 5.92 Å². The van der Waals surface area contributed by atoms with Crippen LogP contribution >= 0.6 is 0 Å². The molecule has 3 nitrogen and oxygen atoms in total. The van der Waals surface area contributed by atoms with Crippen molar-refractivity contribution in [3.05, 3.63) is 0 Å². The molecule has 17 heavy (non-hydrogen) atoms. The van der Waals surface area contributed by atoms with E-state index >= 15 is 0 Å². The van der Waals surface area contributed by atoms with Crippen LogP contribution in [0.3, 0.4) is 0 Å². The second-order valence-electron chi connectivity index (χ2n) is 6.22. The van der Waals surface area contributed by atoms with Crippen LogP contribution in [0, 0.1) is 23.7 Å². The van der Waals surface area contributed by atoms with Crippen molar-refractivity contribution in [1.29, 1.82) is 0 Å². The van der Waals surface area contributed by atoms with Gasteiger partial charge in [-0.1, -0.05) is 20.3 Å². The molecule has 0 aromatic rings. The predicted molar refractivity (Wildman–Crippen MR) is 67.8 cm³/mol. The summed E-state index contributed by atoms with van der Waals surface area (Å²) in [5.41, 5.74) is 0. The number of nitrogens with one attached hydrogen (secondary N) is 1. The lowest BCUT2D eigenvalue weighted by Crippen LogP contribution is -2.45. The van der Waals surface area contributed by atoms with E-state index in [1.165, 1.54) is 12.8 Å². The Hall–Kier alpha value is -0.570. The molecular formula is C14H25NO2. The second-order valence-corrected chi connectivity index (χ2v) is 6.22. The van der Waals surface area contributed by atoms with Crippen LogP contribution in [0.15, 0.2) is 0 Å². The van der Waals surface area contributed by atoms with Gasteiger partial charge in [0.1, 0.15) is 0 Å². The van der Waals surface area contributed by atoms with E-state index in [1.54, 1.807) is 0 Å². The van der Waals surface area contributed by atoms with Crippen molar-refractivity contribution in [3.8, 4) is 0 Å². The van der Waals surface area contributed by atoms with Gasteiger partial charge < -0.3 is 10.4 Å². The van der Waals surface area contributed by atoms with Crippen LogP contribution in [-0.4, -0.2) is 23.7 Å². The zero-order valence-electron chi connectivity index (χ0n) is 11.0. The summed E-state index contributed by atoms with van der Waals surface area (Å²) in [7, 11) is 0. The van der Waals surface area contributed by atoms with Crippen molar-refractivity contribution in [3.63, 3.8) is 0 Å². The first kappa shape index (κ1) is 12.9. The third-order valence-corrected chi connectivity index (χ3v) is 4.76. The summed E-state index contributed by atoms with van der Waals surface area (Å²) in [5.74, 6) is 1.36. The lowest BCUT2D eigenvalue weighted by atomic mass is 9.73. The van der Waals surface area contributed by atoms with Gasteiger partial charge >= 0.3 is 5.97 Å². The standard InChI is InChI=1S/C14H25NO2/c1-9(2)11-6-12(7-11)15-8-10-4-3-5-13(10)14(16)17/h9-13,15H,3-8H2,1-2H3,(H,16,17). The van der Waals surface area contributed by atoms with Crippen LogP contribution in [0.25, 0.3) is 0 Å². The van der Waals surface area contributed by atoms with E-state index < -0.39 is 5.97 Å². The summed E-state index contributed by atoms with van der Waals surface area (Å²) in [5, 5.41) is 12.7. The van der Waals surface area contributed by atoms with Crippen LogP contribution in [0.2, 0.25) is 0 Å². The number of rotatable bonds is 5. The third kappa shape index (κ3) is 3.01. The molecule has 0 aromatic heterocycles. The quantitative estimate of drug-likeness (QED) is 0.775. The van der Waals surface area contributed by atoms with Gasteiger partial charge in [-0.25, -0.2) is 0 Å². The summed E-state index contributed by atoms with van der Waals surface area (Å²) in [4.78, 5) is 11.1. The zero-order chi connectivity index (χ0) is 12.4. The molecule has 0 radical (unpaired) electrons. The molecule has 0 amide bonds. The highest BCUT2D eigenvalue weighted by Gasteiger charge is 2.35. The SMILES string of the molecule is CC(C)C1CC(NCC2CCCC2C(=O)O)C1. The Bertz CT molecular complexity index is 271. The first-order chi connectivity index (χ1) is 8.08. The first-order valence-electron chi connectivity index (χ1n) is 7.04. The smallest absolute Gasteiger partial charge is 0.306 e. The molecule has 0 bridgehead atoms. The average Bonchev–Trinajstić information content (AvgIpc) is 2.62. The van der Waals surface area contributed by atoms with Crippen molar-refractivity contribution in [1.82, 2.24) is 5.32 Å². The number of hydrogen-bond donors (Lipinski definition) is 2. The van der Waals surface area contributed by atoms with E-state index in [-0.39, 0.29) is 5.92 Å². The molecule has 0 aliphatic heterocycles. The molecule has 2 rings (SSSR count).